The van der Waals surface area contributed by atoms with Crippen molar-refractivity contribution >= 4 is 21.8 Å². The minimum atomic E-state index is -3.49. The number of hydrogen-bond donors (Lipinski definition) is 2. The number of benzene rings is 1. The van der Waals surface area contributed by atoms with Crippen LogP contribution in [0.25, 0.3) is 0 Å². The van der Waals surface area contributed by atoms with E-state index in [2.05, 4.69) is 10.6 Å². The van der Waals surface area contributed by atoms with Crippen LogP contribution < -0.4 is 4.72 Å². The van der Waals surface area contributed by atoms with Gasteiger partial charge in [0.25, 0.3) is 0 Å². The fourth-order valence-electron chi connectivity index (χ4n) is 1.09. The number of phenols is 1. The molecule has 92 valence electrons. The highest BCUT2D eigenvalue weighted by molar-refractivity contribution is 7.99. The summed E-state index contributed by atoms with van der Waals surface area (Å²) in [6.07, 6.45) is 5.07. The molecule has 0 aliphatic rings. The highest BCUT2D eigenvalue weighted by Crippen LogP contribution is 2.13. The molecule has 0 saturated carbocycles. The van der Waals surface area contributed by atoms with Crippen molar-refractivity contribution in [3.63, 3.8) is 0 Å². The second kappa shape index (κ2) is 6.55. The summed E-state index contributed by atoms with van der Waals surface area (Å²) in [5.41, 5.74) is 0. The van der Waals surface area contributed by atoms with Crippen molar-refractivity contribution in [1.29, 1.82) is 0 Å². The minimum absolute atomic E-state index is 0.0357. The van der Waals surface area contributed by atoms with Gasteiger partial charge in [-0.2, -0.15) is 0 Å². The third kappa shape index (κ3) is 4.69. The topological polar surface area (TPSA) is 66.4 Å². The maximum absolute atomic E-state index is 11.7. The van der Waals surface area contributed by atoms with Gasteiger partial charge in [-0.3, -0.25) is 0 Å². The zero-order chi connectivity index (χ0) is 12.7. The van der Waals surface area contributed by atoms with Crippen molar-refractivity contribution in [2.45, 2.75) is 4.90 Å². The summed E-state index contributed by atoms with van der Waals surface area (Å²) in [4.78, 5) is 0.136. The van der Waals surface area contributed by atoms with Crippen molar-refractivity contribution in [2.24, 2.45) is 0 Å². The van der Waals surface area contributed by atoms with Crippen molar-refractivity contribution in [3.05, 3.63) is 24.3 Å². The van der Waals surface area contributed by atoms with Crippen LogP contribution >= 0.6 is 11.8 Å². The summed E-state index contributed by atoms with van der Waals surface area (Å²) in [5, 5.41) is 9.06. The molecule has 0 aromatic heterocycles. The molecule has 6 heteroatoms. The van der Waals surface area contributed by atoms with E-state index in [1.165, 1.54) is 36.0 Å². The third-order valence-electron chi connectivity index (χ3n) is 1.87. The predicted molar refractivity (Wildman–Crippen MR) is 69.5 cm³/mol. The highest BCUT2D eigenvalue weighted by atomic mass is 32.2. The standard InChI is InChI=1S/C11H13NO3S2/c1-2-8-16-9-7-12-17(14,15)11-5-3-10(13)4-6-11/h1,3-6,12-13H,7-9H2. The highest BCUT2D eigenvalue weighted by Gasteiger charge is 2.12. The molecule has 1 aromatic carbocycles. The summed E-state index contributed by atoms with van der Waals surface area (Å²) in [5.74, 6) is 3.69. The maximum Gasteiger partial charge on any atom is 0.240 e. The predicted octanol–water partition coefficient (Wildman–Crippen LogP) is 1.04. The Hall–Kier alpha value is -1.16. The van der Waals surface area contributed by atoms with Crippen LogP contribution in [0, 0.1) is 12.3 Å². The molecule has 0 radical (unpaired) electrons. The van der Waals surface area contributed by atoms with Crippen molar-refractivity contribution in [1.82, 2.24) is 4.72 Å². The van der Waals surface area contributed by atoms with E-state index < -0.39 is 10.0 Å². The summed E-state index contributed by atoms with van der Waals surface area (Å²) in [6.45, 7) is 0.329. The molecule has 0 bridgehead atoms. The molecule has 0 fully saturated rings. The van der Waals surface area contributed by atoms with Gasteiger partial charge < -0.3 is 5.11 Å². The van der Waals surface area contributed by atoms with Gasteiger partial charge in [-0.25, -0.2) is 13.1 Å². The number of thioether (sulfide) groups is 1. The molecule has 0 heterocycles. The maximum atomic E-state index is 11.7. The summed E-state index contributed by atoms with van der Waals surface area (Å²) >= 11 is 1.49. The number of hydrogen-bond acceptors (Lipinski definition) is 4. The molecule has 1 rings (SSSR count). The van der Waals surface area contributed by atoms with E-state index in [4.69, 9.17) is 11.5 Å². The smallest absolute Gasteiger partial charge is 0.240 e. The van der Waals surface area contributed by atoms with Gasteiger partial charge in [-0.1, -0.05) is 5.92 Å². The first-order valence-corrected chi connectivity index (χ1v) is 7.50. The number of sulfonamides is 1. The molecule has 0 spiro atoms. The second-order valence-corrected chi connectivity index (χ2v) is 6.02. The van der Waals surface area contributed by atoms with Gasteiger partial charge in [0.2, 0.25) is 10.0 Å². The lowest BCUT2D eigenvalue weighted by Crippen LogP contribution is -2.26. The van der Waals surface area contributed by atoms with Crippen molar-refractivity contribution in [2.75, 3.05) is 18.1 Å². The molecular weight excluding hydrogens is 258 g/mol. The van der Waals surface area contributed by atoms with Crippen LogP contribution in [0.1, 0.15) is 0 Å². The average Bonchev–Trinajstić information content (AvgIpc) is 2.29. The molecule has 0 unspecified atom stereocenters. The molecule has 17 heavy (non-hydrogen) atoms. The van der Waals surface area contributed by atoms with Crippen LogP contribution in [0.4, 0.5) is 0 Å². The van der Waals surface area contributed by atoms with Crippen LogP contribution in [-0.4, -0.2) is 31.6 Å². The fourth-order valence-corrected chi connectivity index (χ4v) is 2.76. The summed E-state index contributed by atoms with van der Waals surface area (Å²) in [7, 11) is -3.49. The lowest BCUT2D eigenvalue weighted by atomic mass is 10.3. The van der Waals surface area contributed by atoms with Crippen LogP contribution in [0.5, 0.6) is 5.75 Å². The molecule has 0 saturated heterocycles. The molecule has 0 atom stereocenters. The first-order chi connectivity index (χ1) is 8.06. The average molecular weight is 271 g/mol. The molecule has 0 aliphatic carbocycles. The summed E-state index contributed by atoms with van der Waals surface area (Å²) in [6, 6.07) is 5.38. The number of terminal acetylenes is 1. The Bertz CT molecular complexity index is 488. The largest absolute Gasteiger partial charge is 0.508 e. The van der Waals surface area contributed by atoms with E-state index in [1.54, 1.807) is 0 Å². The van der Waals surface area contributed by atoms with Gasteiger partial charge in [-0.15, -0.1) is 18.2 Å². The number of nitrogens with one attached hydrogen (secondary N) is 1. The molecule has 4 nitrogen and oxygen atoms in total. The Morgan fingerprint density at radius 1 is 1.35 bits per heavy atom. The van der Waals surface area contributed by atoms with Gasteiger partial charge in [-0.05, 0) is 24.3 Å². The molecule has 0 aliphatic heterocycles. The lowest BCUT2D eigenvalue weighted by molar-refractivity contribution is 0.474. The zero-order valence-electron chi connectivity index (χ0n) is 9.09. The van der Waals surface area contributed by atoms with Crippen molar-refractivity contribution in [3.8, 4) is 18.1 Å². The van der Waals surface area contributed by atoms with Crippen LogP contribution in [-0.2, 0) is 10.0 Å². The van der Waals surface area contributed by atoms with E-state index in [0.717, 1.165) is 0 Å². The van der Waals surface area contributed by atoms with E-state index >= 15 is 0 Å². The lowest BCUT2D eigenvalue weighted by Gasteiger charge is -2.06. The van der Waals surface area contributed by atoms with E-state index in [0.29, 0.717) is 18.1 Å². The minimum Gasteiger partial charge on any atom is -0.508 e. The molecular formula is C11H13NO3S2. The van der Waals surface area contributed by atoms with Gasteiger partial charge in [0.05, 0.1) is 10.6 Å². The van der Waals surface area contributed by atoms with Gasteiger partial charge in [0.1, 0.15) is 5.75 Å². The Morgan fingerprint density at radius 2 is 2.00 bits per heavy atom. The van der Waals surface area contributed by atoms with Crippen LogP contribution in [0.3, 0.4) is 0 Å². The van der Waals surface area contributed by atoms with Gasteiger partial charge in [0.15, 0.2) is 0 Å². The zero-order valence-corrected chi connectivity index (χ0v) is 10.7. The quantitative estimate of drug-likeness (QED) is 0.599. The normalized spacial score (nSPS) is 11.0. The monoisotopic (exact) mass is 271 g/mol. The van der Waals surface area contributed by atoms with Crippen molar-refractivity contribution < 1.29 is 13.5 Å². The summed E-state index contributed by atoms with van der Waals surface area (Å²) < 4.78 is 25.9. The Morgan fingerprint density at radius 3 is 2.59 bits per heavy atom. The van der Waals surface area contributed by atoms with E-state index in [-0.39, 0.29) is 10.6 Å². The number of phenolic OH excluding ortho intramolecular Hbond substituents is 1. The molecule has 0 amide bonds. The number of aromatic hydroxyl groups is 1. The molecule has 2 N–H and O–H groups in total. The van der Waals surface area contributed by atoms with Gasteiger partial charge in [0, 0.05) is 12.3 Å². The third-order valence-corrected chi connectivity index (χ3v) is 4.21. The van der Waals surface area contributed by atoms with Crippen LogP contribution in [0.15, 0.2) is 29.2 Å². The molecule has 1 aromatic rings. The van der Waals surface area contributed by atoms with Gasteiger partial charge >= 0.3 is 0 Å². The van der Waals surface area contributed by atoms with E-state index in [9.17, 15) is 8.42 Å². The number of rotatable bonds is 6. The first kappa shape index (κ1) is 13.9. The SMILES string of the molecule is C#CCSCCNS(=O)(=O)c1ccc(O)cc1. The fraction of sp³-hybridized carbons (Fsp3) is 0.273. The second-order valence-electron chi connectivity index (χ2n) is 3.15. The first-order valence-electron chi connectivity index (χ1n) is 4.86. The van der Waals surface area contributed by atoms with Crippen LogP contribution in [0.2, 0.25) is 0 Å². The Kier molecular flexibility index (Phi) is 5.35. The van der Waals surface area contributed by atoms with E-state index in [1.807, 2.05) is 0 Å². The Balaban J connectivity index is 2.52. The Labute approximate surface area is 105 Å².